The quantitative estimate of drug-likeness (QED) is 0.469. The van der Waals surface area contributed by atoms with Gasteiger partial charge in [0.05, 0.1) is 0 Å². The zero-order valence-corrected chi connectivity index (χ0v) is 18.6. The molecule has 0 saturated heterocycles. The van der Waals surface area contributed by atoms with Crippen molar-refractivity contribution >= 4 is 5.91 Å². The van der Waals surface area contributed by atoms with Crippen LogP contribution in [0.15, 0.2) is 79.1 Å². The SMILES string of the molecule is C[C@H](c1ccccc1)[C@H]1CC[C@@H](Cc2ccc(C(=O)N(C)Cc3cccnc3)cc2)C1. The van der Waals surface area contributed by atoms with Gasteiger partial charge in [-0.05, 0) is 78.3 Å². The molecule has 0 N–H and O–H groups in total. The molecule has 1 heterocycles. The van der Waals surface area contributed by atoms with Gasteiger partial charge in [0, 0.05) is 31.5 Å². The molecule has 0 bridgehead atoms. The Kier molecular flexibility index (Phi) is 6.81. The molecule has 3 aromatic rings. The molecule has 3 atom stereocenters. The largest absolute Gasteiger partial charge is 0.337 e. The number of carbonyl (C=O) groups excluding carboxylic acids is 1. The maximum absolute atomic E-state index is 12.8. The minimum absolute atomic E-state index is 0.0491. The number of aromatic nitrogens is 1. The van der Waals surface area contributed by atoms with Crippen LogP contribution in [0.1, 0.15) is 59.2 Å². The molecule has 0 spiro atoms. The van der Waals surface area contributed by atoms with Gasteiger partial charge < -0.3 is 4.90 Å². The summed E-state index contributed by atoms with van der Waals surface area (Å²) in [6.45, 7) is 2.95. The van der Waals surface area contributed by atoms with Crippen LogP contribution in [0.5, 0.6) is 0 Å². The van der Waals surface area contributed by atoms with Crippen molar-refractivity contribution in [2.45, 2.75) is 45.1 Å². The van der Waals surface area contributed by atoms with Crippen LogP contribution in [0, 0.1) is 11.8 Å². The van der Waals surface area contributed by atoms with E-state index in [1.54, 1.807) is 17.3 Å². The molecule has 3 heteroatoms. The van der Waals surface area contributed by atoms with Crippen LogP contribution in [-0.2, 0) is 13.0 Å². The molecular weight excluding hydrogens is 380 g/mol. The van der Waals surface area contributed by atoms with Crippen molar-refractivity contribution in [2.24, 2.45) is 11.8 Å². The molecule has 1 amide bonds. The van der Waals surface area contributed by atoms with E-state index in [1.807, 2.05) is 31.3 Å². The highest BCUT2D eigenvalue weighted by molar-refractivity contribution is 5.94. The van der Waals surface area contributed by atoms with Crippen molar-refractivity contribution in [3.63, 3.8) is 0 Å². The smallest absolute Gasteiger partial charge is 0.253 e. The molecule has 0 unspecified atom stereocenters. The molecule has 160 valence electrons. The van der Waals surface area contributed by atoms with E-state index < -0.39 is 0 Å². The topological polar surface area (TPSA) is 33.2 Å². The lowest BCUT2D eigenvalue weighted by Gasteiger charge is -2.20. The standard InChI is InChI=1S/C28H32N2O/c1-21(25-8-4-3-5-9-25)27-15-12-23(18-27)17-22-10-13-26(14-11-22)28(31)30(2)20-24-7-6-16-29-19-24/h3-11,13-14,16,19,21,23,27H,12,15,17-18,20H2,1-2H3/t21-,23+,27+/m1/s1. The first-order valence-electron chi connectivity index (χ1n) is 11.4. The van der Waals surface area contributed by atoms with Crippen molar-refractivity contribution in [1.82, 2.24) is 9.88 Å². The number of carbonyl (C=O) groups is 1. The summed E-state index contributed by atoms with van der Waals surface area (Å²) in [5.74, 6) is 2.19. The Bertz CT molecular complexity index is 969. The van der Waals surface area contributed by atoms with Gasteiger partial charge in [0.1, 0.15) is 0 Å². The third kappa shape index (κ3) is 5.41. The number of rotatable bonds is 7. The lowest BCUT2D eigenvalue weighted by molar-refractivity contribution is 0.0785. The van der Waals surface area contributed by atoms with Crippen LogP contribution in [0.3, 0.4) is 0 Å². The Balaban J connectivity index is 1.31. The van der Waals surface area contributed by atoms with Gasteiger partial charge >= 0.3 is 0 Å². The van der Waals surface area contributed by atoms with E-state index in [9.17, 15) is 4.79 Å². The Morgan fingerprint density at radius 2 is 1.77 bits per heavy atom. The van der Waals surface area contributed by atoms with Crippen LogP contribution in [0.25, 0.3) is 0 Å². The van der Waals surface area contributed by atoms with E-state index in [0.29, 0.717) is 12.5 Å². The minimum Gasteiger partial charge on any atom is -0.337 e. The summed E-state index contributed by atoms with van der Waals surface area (Å²) in [5, 5.41) is 0. The van der Waals surface area contributed by atoms with Gasteiger partial charge in [-0.15, -0.1) is 0 Å². The van der Waals surface area contributed by atoms with Crippen LogP contribution < -0.4 is 0 Å². The van der Waals surface area contributed by atoms with Crippen LogP contribution >= 0.6 is 0 Å². The van der Waals surface area contributed by atoms with Crippen molar-refractivity contribution in [3.05, 3.63) is 101 Å². The molecule has 3 nitrogen and oxygen atoms in total. The van der Waals surface area contributed by atoms with Gasteiger partial charge in [-0.25, -0.2) is 0 Å². The second-order valence-electron chi connectivity index (χ2n) is 9.06. The number of hydrogen-bond acceptors (Lipinski definition) is 2. The first kappa shape index (κ1) is 21.3. The normalized spacial score (nSPS) is 19.2. The summed E-state index contributed by atoms with van der Waals surface area (Å²) in [7, 11) is 1.84. The third-order valence-corrected chi connectivity index (χ3v) is 6.83. The summed E-state index contributed by atoms with van der Waals surface area (Å²) in [4.78, 5) is 18.6. The number of pyridine rings is 1. The molecule has 2 aromatic carbocycles. The van der Waals surface area contributed by atoms with Crippen LogP contribution in [0.2, 0.25) is 0 Å². The van der Waals surface area contributed by atoms with Gasteiger partial charge in [-0.3, -0.25) is 9.78 Å². The highest BCUT2D eigenvalue weighted by atomic mass is 16.2. The van der Waals surface area contributed by atoms with Crippen LogP contribution in [0.4, 0.5) is 0 Å². The molecule has 1 aromatic heterocycles. The average molecular weight is 413 g/mol. The number of hydrogen-bond donors (Lipinski definition) is 0. The van der Waals surface area contributed by atoms with Gasteiger partial charge in [0.15, 0.2) is 0 Å². The average Bonchev–Trinajstić information content (AvgIpc) is 3.28. The molecule has 0 radical (unpaired) electrons. The Hall–Kier alpha value is -2.94. The summed E-state index contributed by atoms with van der Waals surface area (Å²) in [6, 6.07) is 23.1. The summed E-state index contributed by atoms with van der Waals surface area (Å²) in [6.07, 6.45) is 8.58. The molecule has 1 aliphatic rings. The highest BCUT2D eigenvalue weighted by Crippen LogP contribution is 2.41. The lowest BCUT2D eigenvalue weighted by Crippen LogP contribution is -2.26. The molecule has 1 fully saturated rings. The van der Waals surface area contributed by atoms with E-state index >= 15 is 0 Å². The first-order chi connectivity index (χ1) is 15.1. The highest BCUT2D eigenvalue weighted by Gasteiger charge is 2.29. The fourth-order valence-corrected chi connectivity index (χ4v) is 4.96. The number of nitrogens with zero attached hydrogens (tertiary/aromatic N) is 2. The zero-order chi connectivity index (χ0) is 21.6. The summed E-state index contributed by atoms with van der Waals surface area (Å²) >= 11 is 0. The third-order valence-electron chi connectivity index (χ3n) is 6.83. The molecule has 4 rings (SSSR count). The predicted octanol–water partition coefficient (Wildman–Crippen LogP) is 6.12. The molecule has 1 saturated carbocycles. The van der Waals surface area contributed by atoms with Gasteiger partial charge in [0.25, 0.3) is 5.91 Å². The Labute approximate surface area is 186 Å². The van der Waals surface area contributed by atoms with Crippen molar-refractivity contribution in [1.29, 1.82) is 0 Å². The van der Waals surface area contributed by atoms with E-state index in [0.717, 1.165) is 29.4 Å². The number of amides is 1. The van der Waals surface area contributed by atoms with Gasteiger partial charge in [-0.1, -0.05) is 55.5 Å². The van der Waals surface area contributed by atoms with Crippen molar-refractivity contribution < 1.29 is 4.79 Å². The van der Waals surface area contributed by atoms with E-state index in [-0.39, 0.29) is 5.91 Å². The fraction of sp³-hybridized carbons (Fsp3) is 0.357. The van der Waals surface area contributed by atoms with E-state index in [2.05, 4.69) is 54.4 Å². The van der Waals surface area contributed by atoms with Crippen molar-refractivity contribution in [2.75, 3.05) is 7.05 Å². The van der Waals surface area contributed by atoms with Crippen molar-refractivity contribution in [3.8, 4) is 0 Å². The van der Waals surface area contributed by atoms with Crippen LogP contribution in [-0.4, -0.2) is 22.8 Å². The molecular formula is C28H32N2O. The molecule has 31 heavy (non-hydrogen) atoms. The Morgan fingerprint density at radius 3 is 2.48 bits per heavy atom. The van der Waals surface area contributed by atoms with E-state index in [1.165, 1.54) is 30.4 Å². The maximum atomic E-state index is 12.8. The zero-order valence-electron chi connectivity index (χ0n) is 18.6. The lowest BCUT2D eigenvalue weighted by atomic mass is 9.85. The summed E-state index contributed by atoms with van der Waals surface area (Å²) in [5.41, 5.74) is 4.59. The monoisotopic (exact) mass is 412 g/mol. The second-order valence-corrected chi connectivity index (χ2v) is 9.06. The first-order valence-corrected chi connectivity index (χ1v) is 11.4. The predicted molar refractivity (Wildman–Crippen MR) is 126 cm³/mol. The van der Waals surface area contributed by atoms with E-state index in [4.69, 9.17) is 0 Å². The summed E-state index contributed by atoms with van der Waals surface area (Å²) < 4.78 is 0. The molecule has 1 aliphatic carbocycles. The van der Waals surface area contributed by atoms with Gasteiger partial charge in [0.2, 0.25) is 0 Å². The maximum Gasteiger partial charge on any atom is 0.253 e. The fourth-order valence-electron chi connectivity index (χ4n) is 4.96. The number of benzene rings is 2. The second kappa shape index (κ2) is 9.91. The minimum atomic E-state index is 0.0491. The van der Waals surface area contributed by atoms with Gasteiger partial charge in [-0.2, -0.15) is 0 Å². The molecule has 0 aliphatic heterocycles. The Morgan fingerprint density at radius 1 is 1.00 bits per heavy atom.